The second-order valence-electron chi connectivity index (χ2n) is 2.69. The number of methoxy groups -OCH3 is 1. The summed E-state index contributed by atoms with van der Waals surface area (Å²) in [6.45, 7) is 0. The molecule has 2 rings (SSSR count). The molecule has 0 amide bonds. The average molecular weight is 240 g/mol. The van der Waals surface area contributed by atoms with E-state index < -0.39 is 5.97 Å². The first-order valence-electron chi connectivity index (χ1n) is 4.19. The van der Waals surface area contributed by atoms with Crippen LogP contribution in [0.1, 0.15) is 10.6 Å². The summed E-state index contributed by atoms with van der Waals surface area (Å²) in [5.74, 6) is -0.616. The maximum atomic E-state index is 11.2. The van der Waals surface area contributed by atoms with Crippen LogP contribution in [-0.4, -0.2) is 37.6 Å². The van der Waals surface area contributed by atoms with Crippen LogP contribution in [0.25, 0.3) is 5.95 Å². The molecule has 0 spiro atoms. The van der Waals surface area contributed by atoms with Gasteiger partial charge < -0.3 is 4.74 Å². The van der Waals surface area contributed by atoms with Crippen molar-refractivity contribution >= 4 is 17.6 Å². The number of nitrogens with zero attached hydrogens (tertiary/aromatic N) is 5. The molecule has 2 aromatic heterocycles. The van der Waals surface area contributed by atoms with Gasteiger partial charge in [-0.3, -0.25) is 4.57 Å². The fourth-order valence-electron chi connectivity index (χ4n) is 1.02. The van der Waals surface area contributed by atoms with E-state index in [-0.39, 0.29) is 17.1 Å². The van der Waals surface area contributed by atoms with Gasteiger partial charge in [-0.25, -0.2) is 9.78 Å². The van der Waals surface area contributed by atoms with Crippen LogP contribution in [0.15, 0.2) is 18.7 Å². The molecular weight excluding hydrogens is 234 g/mol. The van der Waals surface area contributed by atoms with E-state index in [1.165, 1.54) is 18.0 Å². The normalized spacial score (nSPS) is 10.1. The zero-order valence-corrected chi connectivity index (χ0v) is 8.92. The molecule has 0 aliphatic rings. The molecule has 7 nitrogen and oxygen atoms in total. The van der Waals surface area contributed by atoms with E-state index >= 15 is 0 Å². The van der Waals surface area contributed by atoms with Gasteiger partial charge in [0.25, 0.3) is 0 Å². The SMILES string of the molecule is COC(=O)c1nc(Cl)nc(-n2ccnc2)n1. The highest BCUT2D eigenvalue weighted by Gasteiger charge is 2.13. The summed E-state index contributed by atoms with van der Waals surface area (Å²) in [5.41, 5.74) is 0. The molecule has 0 saturated heterocycles. The van der Waals surface area contributed by atoms with E-state index in [1.54, 1.807) is 12.4 Å². The van der Waals surface area contributed by atoms with Crippen molar-refractivity contribution in [1.82, 2.24) is 24.5 Å². The molecule has 0 radical (unpaired) electrons. The number of ether oxygens (including phenoxy) is 1. The van der Waals surface area contributed by atoms with Crippen molar-refractivity contribution in [3.8, 4) is 5.95 Å². The Kier molecular flexibility index (Phi) is 2.78. The Morgan fingerprint density at radius 1 is 1.44 bits per heavy atom. The van der Waals surface area contributed by atoms with Crippen molar-refractivity contribution in [3.63, 3.8) is 0 Å². The number of imidazole rings is 1. The zero-order chi connectivity index (χ0) is 11.5. The van der Waals surface area contributed by atoms with E-state index in [1.807, 2.05) is 0 Å². The van der Waals surface area contributed by atoms with Crippen molar-refractivity contribution in [3.05, 3.63) is 29.8 Å². The average Bonchev–Trinajstić information content (AvgIpc) is 2.80. The topological polar surface area (TPSA) is 82.8 Å². The Hall–Kier alpha value is -2.02. The van der Waals surface area contributed by atoms with Gasteiger partial charge >= 0.3 is 5.97 Å². The molecule has 0 aromatic carbocycles. The van der Waals surface area contributed by atoms with Crippen molar-refractivity contribution < 1.29 is 9.53 Å². The van der Waals surface area contributed by atoms with Gasteiger partial charge in [0.1, 0.15) is 6.33 Å². The summed E-state index contributed by atoms with van der Waals surface area (Å²) in [6, 6.07) is 0. The predicted molar refractivity (Wildman–Crippen MR) is 53.3 cm³/mol. The summed E-state index contributed by atoms with van der Waals surface area (Å²) >= 11 is 5.66. The Morgan fingerprint density at radius 2 is 2.25 bits per heavy atom. The Bertz CT molecular complexity index is 513. The third-order valence-electron chi connectivity index (χ3n) is 1.70. The van der Waals surface area contributed by atoms with Gasteiger partial charge in [-0.05, 0) is 11.6 Å². The number of aromatic nitrogens is 5. The number of esters is 1. The van der Waals surface area contributed by atoms with E-state index in [0.717, 1.165) is 0 Å². The molecule has 0 atom stereocenters. The van der Waals surface area contributed by atoms with Gasteiger partial charge in [0.15, 0.2) is 0 Å². The van der Waals surface area contributed by atoms with E-state index in [2.05, 4.69) is 24.7 Å². The molecule has 0 saturated carbocycles. The molecular formula is C8H6ClN5O2. The van der Waals surface area contributed by atoms with Crippen molar-refractivity contribution in [2.75, 3.05) is 7.11 Å². The minimum atomic E-state index is -0.675. The van der Waals surface area contributed by atoms with Crippen LogP contribution in [0.4, 0.5) is 0 Å². The highest BCUT2D eigenvalue weighted by molar-refractivity contribution is 6.28. The van der Waals surface area contributed by atoms with Crippen LogP contribution < -0.4 is 0 Å². The van der Waals surface area contributed by atoms with Gasteiger partial charge in [0, 0.05) is 12.4 Å². The molecule has 82 valence electrons. The van der Waals surface area contributed by atoms with Crippen LogP contribution in [0.2, 0.25) is 5.28 Å². The number of hydrogen-bond acceptors (Lipinski definition) is 6. The lowest BCUT2D eigenvalue weighted by atomic mass is 10.6. The predicted octanol–water partition coefficient (Wildman–Crippen LogP) is 0.497. The molecule has 0 aliphatic carbocycles. The highest BCUT2D eigenvalue weighted by atomic mass is 35.5. The summed E-state index contributed by atoms with van der Waals surface area (Å²) in [6.07, 6.45) is 4.65. The molecule has 8 heteroatoms. The van der Waals surface area contributed by atoms with Gasteiger partial charge in [-0.2, -0.15) is 15.0 Å². The third kappa shape index (κ3) is 1.98. The van der Waals surface area contributed by atoms with E-state index in [0.29, 0.717) is 0 Å². The van der Waals surface area contributed by atoms with Gasteiger partial charge in [-0.1, -0.05) is 0 Å². The lowest BCUT2D eigenvalue weighted by molar-refractivity contribution is 0.0586. The van der Waals surface area contributed by atoms with E-state index in [9.17, 15) is 4.79 Å². The summed E-state index contributed by atoms with van der Waals surface area (Å²) in [4.78, 5) is 26.4. The molecule has 16 heavy (non-hydrogen) atoms. The van der Waals surface area contributed by atoms with Crippen LogP contribution in [0.5, 0.6) is 0 Å². The molecule has 0 unspecified atom stereocenters. The number of rotatable bonds is 2. The first-order valence-corrected chi connectivity index (χ1v) is 4.56. The summed E-state index contributed by atoms with van der Waals surface area (Å²) in [5, 5.41) is -0.0842. The van der Waals surface area contributed by atoms with Crippen molar-refractivity contribution in [2.24, 2.45) is 0 Å². The number of carbonyl (C=O) groups is 1. The first-order chi connectivity index (χ1) is 7.70. The fraction of sp³-hybridized carbons (Fsp3) is 0.125. The summed E-state index contributed by atoms with van der Waals surface area (Å²) < 4.78 is 5.99. The highest BCUT2D eigenvalue weighted by Crippen LogP contribution is 2.06. The molecule has 2 heterocycles. The van der Waals surface area contributed by atoms with Crippen LogP contribution in [0.3, 0.4) is 0 Å². The Balaban J connectivity index is 2.48. The fourth-order valence-corrected chi connectivity index (χ4v) is 1.17. The Morgan fingerprint density at radius 3 is 2.88 bits per heavy atom. The second kappa shape index (κ2) is 4.23. The number of halogens is 1. The van der Waals surface area contributed by atoms with Gasteiger partial charge in [0.2, 0.25) is 17.1 Å². The van der Waals surface area contributed by atoms with Crippen LogP contribution in [0, 0.1) is 0 Å². The maximum Gasteiger partial charge on any atom is 0.376 e. The molecule has 0 aliphatic heterocycles. The largest absolute Gasteiger partial charge is 0.463 e. The second-order valence-corrected chi connectivity index (χ2v) is 3.03. The van der Waals surface area contributed by atoms with Gasteiger partial charge in [-0.15, -0.1) is 0 Å². The molecule has 0 N–H and O–H groups in total. The molecule has 0 bridgehead atoms. The monoisotopic (exact) mass is 239 g/mol. The number of hydrogen-bond donors (Lipinski definition) is 0. The standard InChI is InChI=1S/C8H6ClN5O2/c1-16-6(15)5-11-7(9)13-8(12-5)14-3-2-10-4-14/h2-4H,1H3. The van der Waals surface area contributed by atoms with E-state index in [4.69, 9.17) is 11.6 Å². The lowest BCUT2D eigenvalue weighted by Crippen LogP contribution is -2.11. The number of carbonyl (C=O) groups excluding carboxylic acids is 1. The third-order valence-corrected chi connectivity index (χ3v) is 1.87. The van der Waals surface area contributed by atoms with Crippen molar-refractivity contribution in [1.29, 1.82) is 0 Å². The smallest absolute Gasteiger partial charge is 0.376 e. The van der Waals surface area contributed by atoms with Crippen LogP contribution in [-0.2, 0) is 4.74 Å². The molecule has 2 aromatic rings. The summed E-state index contributed by atoms with van der Waals surface area (Å²) in [7, 11) is 1.23. The maximum absolute atomic E-state index is 11.2. The van der Waals surface area contributed by atoms with Crippen LogP contribution >= 0.6 is 11.6 Å². The lowest BCUT2D eigenvalue weighted by Gasteiger charge is -2.02. The molecule has 0 fully saturated rings. The van der Waals surface area contributed by atoms with Gasteiger partial charge in [0.05, 0.1) is 7.11 Å². The minimum Gasteiger partial charge on any atom is -0.463 e. The zero-order valence-electron chi connectivity index (χ0n) is 8.16. The Labute approximate surface area is 95.1 Å². The van der Waals surface area contributed by atoms with Crippen molar-refractivity contribution in [2.45, 2.75) is 0 Å². The first kappa shape index (κ1) is 10.5. The minimum absolute atomic E-state index is 0.0842. The quantitative estimate of drug-likeness (QED) is 0.710.